The van der Waals surface area contributed by atoms with Gasteiger partial charge in [-0.3, -0.25) is 4.79 Å². The Bertz CT molecular complexity index is 221. The number of nitrogens with zero attached hydrogens (tertiary/aromatic N) is 1. The molecule has 1 amide bonds. The summed E-state index contributed by atoms with van der Waals surface area (Å²) in [5.74, 6) is -0.521. The Morgan fingerprint density at radius 1 is 1.44 bits per heavy atom. The number of amides is 1. The van der Waals surface area contributed by atoms with Crippen LogP contribution in [0.2, 0.25) is 0 Å². The fourth-order valence-corrected chi connectivity index (χ4v) is 1.43. The van der Waals surface area contributed by atoms with Gasteiger partial charge in [-0.1, -0.05) is 13.8 Å². The molecule has 16 heavy (non-hydrogen) atoms. The molecule has 0 spiro atoms. The quantitative estimate of drug-likeness (QED) is 0.682. The topological polar surface area (TPSA) is 66.6 Å². The fourth-order valence-electron chi connectivity index (χ4n) is 1.43. The summed E-state index contributed by atoms with van der Waals surface area (Å²) in [6, 6.07) is 0. The number of nitrogens with two attached hydrogens (primary N) is 1. The summed E-state index contributed by atoms with van der Waals surface area (Å²) >= 11 is 0. The number of carbonyl (C=O) groups excluding carboxylic acids is 1. The summed E-state index contributed by atoms with van der Waals surface area (Å²) in [7, 11) is 0. The molecule has 0 radical (unpaired) electrons. The molecule has 0 bridgehead atoms. The number of alkyl halides is 2. The van der Waals surface area contributed by atoms with E-state index in [9.17, 15) is 13.6 Å². The lowest BCUT2D eigenvalue weighted by atomic mass is 9.92. The Morgan fingerprint density at radius 2 is 1.94 bits per heavy atom. The second-order valence-electron chi connectivity index (χ2n) is 3.73. The fraction of sp³-hybridized carbons (Fsp3) is 0.900. The first-order chi connectivity index (χ1) is 7.41. The van der Waals surface area contributed by atoms with Crippen molar-refractivity contribution < 1.29 is 18.7 Å². The molecule has 0 aliphatic carbocycles. The molecule has 0 aromatic heterocycles. The summed E-state index contributed by atoms with van der Waals surface area (Å²) in [5.41, 5.74) is 4.72. The van der Waals surface area contributed by atoms with E-state index < -0.39 is 24.4 Å². The molecule has 0 fully saturated rings. The van der Waals surface area contributed by atoms with Gasteiger partial charge in [0.25, 0.3) is 6.43 Å². The lowest BCUT2D eigenvalue weighted by molar-refractivity contribution is -0.139. The van der Waals surface area contributed by atoms with Gasteiger partial charge in [0, 0.05) is 6.54 Å². The van der Waals surface area contributed by atoms with Crippen LogP contribution in [0.3, 0.4) is 0 Å². The summed E-state index contributed by atoms with van der Waals surface area (Å²) in [6.45, 7) is 2.34. The highest BCUT2D eigenvalue weighted by atomic mass is 19.3. The van der Waals surface area contributed by atoms with Crippen molar-refractivity contribution in [1.29, 1.82) is 0 Å². The first-order valence-electron chi connectivity index (χ1n) is 5.38. The van der Waals surface area contributed by atoms with E-state index in [2.05, 4.69) is 0 Å². The van der Waals surface area contributed by atoms with Crippen molar-refractivity contribution in [2.45, 2.75) is 38.7 Å². The summed E-state index contributed by atoms with van der Waals surface area (Å²) < 4.78 is 24.5. The monoisotopic (exact) mass is 238 g/mol. The second-order valence-corrected chi connectivity index (χ2v) is 3.73. The van der Waals surface area contributed by atoms with Crippen LogP contribution in [0.15, 0.2) is 0 Å². The van der Waals surface area contributed by atoms with Gasteiger partial charge in [-0.25, -0.2) is 8.78 Å². The normalized spacial score (nSPS) is 11.9. The number of hydrogen-bond donors (Lipinski definition) is 2. The molecule has 3 N–H and O–H groups in total. The minimum atomic E-state index is -2.62. The van der Waals surface area contributed by atoms with E-state index in [0.717, 1.165) is 4.90 Å². The molecule has 0 atom stereocenters. The average Bonchev–Trinajstić information content (AvgIpc) is 2.26. The molecule has 0 saturated carbocycles. The largest absolute Gasteiger partial charge is 0.395 e. The van der Waals surface area contributed by atoms with Gasteiger partial charge in [-0.05, 0) is 12.8 Å². The second kappa shape index (κ2) is 6.75. The van der Waals surface area contributed by atoms with Crippen molar-refractivity contribution in [2.24, 2.45) is 5.73 Å². The predicted molar refractivity (Wildman–Crippen MR) is 57.2 cm³/mol. The minimum Gasteiger partial charge on any atom is -0.395 e. The smallest absolute Gasteiger partial charge is 0.255 e. The lowest BCUT2D eigenvalue weighted by Gasteiger charge is -2.32. The van der Waals surface area contributed by atoms with E-state index in [1.165, 1.54) is 0 Å². The number of aliphatic hydroxyl groups excluding tert-OH is 1. The van der Waals surface area contributed by atoms with Gasteiger partial charge in [0.05, 0.1) is 18.7 Å². The summed E-state index contributed by atoms with van der Waals surface area (Å²) in [5, 5.41) is 8.73. The molecule has 0 rings (SSSR count). The van der Waals surface area contributed by atoms with Crippen molar-refractivity contribution in [3.05, 3.63) is 0 Å². The zero-order chi connectivity index (χ0) is 12.8. The number of aliphatic hydroxyl groups is 1. The Labute approximate surface area is 94.4 Å². The first kappa shape index (κ1) is 15.2. The van der Waals surface area contributed by atoms with Crippen LogP contribution in [0.4, 0.5) is 8.78 Å². The van der Waals surface area contributed by atoms with Crippen molar-refractivity contribution in [2.75, 3.05) is 19.7 Å². The molecular formula is C10H20F2N2O2. The van der Waals surface area contributed by atoms with Gasteiger partial charge in [0.1, 0.15) is 0 Å². The Hall–Kier alpha value is -0.750. The first-order valence-corrected chi connectivity index (χ1v) is 5.38. The minimum absolute atomic E-state index is 0.109. The Kier molecular flexibility index (Phi) is 6.43. The molecular weight excluding hydrogens is 218 g/mol. The van der Waals surface area contributed by atoms with Crippen LogP contribution in [-0.4, -0.2) is 47.6 Å². The predicted octanol–water partition coefficient (Wildman–Crippen LogP) is 0.590. The number of carbonyl (C=O) groups is 1. The highest BCUT2D eigenvalue weighted by Crippen LogP contribution is 2.16. The SMILES string of the molecule is CCC(N)(CC)C(=O)N(CCO)CC(F)F. The van der Waals surface area contributed by atoms with Crippen LogP contribution in [-0.2, 0) is 4.79 Å². The Morgan fingerprint density at radius 3 is 2.25 bits per heavy atom. The van der Waals surface area contributed by atoms with E-state index >= 15 is 0 Å². The lowest BCUT2D eigenvalue weighted by Crippen LogP contribution is -2.56. The number of halogens is 2. The molecule has 0 aromatic rings. The molecule has 0 aliphatic heterocycles. The molecule has 6 heteroatoms. The van der Waals surface area contributed by atoms with Crippen molar-refractivity contribution in [3.8, 4) is 0 Å². The molecule has 0 unspecified atom stereocenters. The summed E-state index contributed by atoms with van der Waals surface area (Å²) in [6.07, 6.45) is -1.85. The third kappa shape index (κ3) is 4.02. The van der Waals surface area contributed by atoms with Crippen LogP contribution < -0.4 is 5.73 Å². The van der Waals surface area contributed by atoms with Gasteiger partial charge < -0.3 is 15.7 Å². The van der Waals surface area contributed by atoms with Gasteiger partial charge in [0.15, 0.2) is 0 Å². The Balaban J connectivity index is 4.70. The molecule has 0 aliphatic rings. The maximum absolute atomic E-state index is 12.2. The van der Waals surface area contributed by atoms with Crippen LogP contribution in [0.5, 0.6) is 0 Å². The highest BCUT2D eigenvalue weighted by Gasteiger charge is 2.34. The van der Waals surface area contributed by atoms with Crippen molar-refractivity contribution >= 4 is 5.91 Å². The van der Waals surface area contributed by atoms with E-state index in [-0.39, 0.29) is 13.2 Å². The van der Waals surface area contributed by atoms with Gasteiger partial charge >= 0.3 is 0 Å². The molecule has 4 nitrogen and oxygen atoms in total. The highest BCUT2D eigenvalue weighted by molar-refractivity contribution is 5.86. The van der Waals surface area contributed by atoms with Crippen LogP contribution >= 0.6 is 0 Å². The van der Waals surface area contributed by atoms with Gasteiger partial charge in [-0.15, -0.1) is 0 Å². The molecule has 0 heterocycles. The maximum Gasteiger partial charge on any atom is 0.255 e. The third-order valence-corrected chi connectivity index (χ3v) is 2.70. The van der Waals surface area contributed by atoms with Crippen LogP contribution in [0, 0.1) is 0 Å². The molecule has 0 saturated heterocycles. The van der Waals surface area contributed by atoms with Gasteiger partial charge in [-0.2, -0.15) is 0 Å². The van der Waals surface area contributed by atoms with Crippen molar-refractivity contribution in [3.63, 3.8) is 0 Å². The van der Waals surface area contributed by atoms with E-state index in [0.29, 0.717) is 12.8 Å². The van der Waals surface area contributed by atoms with Crippen molar-refractivity contribution in [1.82, 2.24) is 4.90 Å². The molecule has 96 valence electrons. The zero-order valence-electron chi connectivity index (χ0n) is 9.75. The maximum atomic E-state index is 12.2. The third-order valence-electron chi connectivity index (χ3n) is 2.70. The van der Waals surface area contributed by atoms with Gasteiger partial charge in [0.2, 0.25) is 5.91 Å². The standard InChI is InChI=1S/C10H20F2N2O2/c1-3-10(13,4-2)9(16)14(5-6-15)7-8(11)12/h8,15H,3-7,13H2,1-2H3. The molecule has 0 aromatic carbocycles. The van der Waals surface area contributed by atoms with Crippen LogP contribution in [0.1, 0.15) is 26.7 Å². The van der Waals surface area contributed by atoms with Crippen LogP contribution in [0.25, 0.3) is 0 Å². The summed E-state index contributed by atoms with van der Waals surface area (Å²) in [4.78, 5) is 12.8. The van der Waals surface area contributed by atoms with E-state index in [4.69, 9.17) is 10.8 Å². The average molecular weight is 238 g/mol. The van der Waals surface area contributed by atoms with E-state index in [1.807, 2.05) is 0 Å². The number of rotatable bonds is 7. The van der Waals surface area contributed by atoms with E-state index in [1.54, 1.807) is 13.8 Å². The number of hydrogen-bond acceptors (Lipinski definition) is 3. The zero-order valence-corrected chi connectivity index (χ0v) is 9.75.